The number of carbonyl (C=O) groups excluding carboxylic acids is 2. The minimum Gasteiger partial charge on any atom is -0.337 e. The van der Waals surface area contributed by atoms with Gasteiger partial charge in [0.15, 0.2) is 5.13 Å². The number of thiophene rings is 1. The van der Waals surface area contributed by atoms with Gasteiger partial charge in [-0.2, -0.15) is 11.3 Å². The lowest BCUT2D eigenvalue weighted by atomic mass is 10.1. The van der Waals surface area contributed by atoms with Gasteiger partial charge in [-0.25, -0.2) is 4.98 Å². The van der Waals surface area contributed by atoms with Crippen molar-refractivity contribution in [3.05, 3.63) is 68.9 Å². The van der Waals surface area contributed by atoms with E-state index in [0.29, 0.717) is 30.2 Å². The molecule has 0 radical (unpaired) electrons. The Labute approximate surface area is 165 Å². The average molecular weight is 398 g/mol. The molecule has 1 N–H and O–H groups in total. The van der Waals surface area contributed by atoms with Crippen LogP contribution in [-0.2, 0) is 24.2 Å². The summed E-state index contributed by atoms with van der Waals surface area (Å²) in [6.45, 7) is 1.26. The van der Waals surface area contributed by atoms with Gasteiger partial charge in [0.1, 0.15) is 0 Å². The summed E-state index contributed by atoms with van der Waals surface area (Å²) in [7, 11) is 0. The predicted octanol–water partition coefficient (Wildman–Crippen LogP) is 3.97. The first-order chi connectivity index (χ1) is 13.2. The molecular formula is C20H19N3O2S2. The van der Waals surface area contributed by atoms with Gasteiger partial charge in [-0.05, 0) is 23.4 Å². The molecule has 0 fully saturated rings. The Morgan fingerprint density at radius 3 is 2.81 bits per heavy atom. The summed E-state index contributed by atoms with van der Waals surface area (Å²) in [5.41, 5.74) is 2.82. The number of hydrogen-bond donors (Lipinski definition) is 1. The predicted molar refractivity (Wildman–Crippen MR) is 108 cm³/mol. The largest absolute Gasteiger partial charge is 0.337 e. The molecule has 5 nitrogen and oxygen atoms in total. The molecule has 1 aliphatic heterocycles. The van der Waals surface area contributed by atoms with Crippen molar-refractivity contribution in [2.45, 2.75) is 25.8 Å². The second-order valence-electron chi connectivity index (χ2n) is 6.41. The van der Waals surface area contributed by atoms with Gasteiger partial charge in [-0.1, -0.05) is 41.7 Å². The Balaban J connectivity index is 1.36. The maximum Gasteiger partial charge on any atom is 0.258 e. The zero-order valence-electron chi connectivity index (χ0n) is 14.7. The Morgan fingerprint density at radius 1 is 1.19 bits per heavy atom. The van der Waals surface area contributed by atoms with Crippen molar-refractivity contribution < 1.29 is 9.59 Å². The number of fused-ring (bicyclic) bond motifs is 1. The Hall–Kier alpha value is -2.51. The molecule has 2 amide bonds. The highest BCUT2D eigenvalue weighted by molar-refractivity contribution is 7.16. The fourth-order valence-corrected chi connectivity index (χ4v) is 4.73. The number of aryl methyl sites for hydroxylation is 1. The van der Waals surface area contributed by atoms with Crippen molar-refractivity contribution in [1.82, 2.24) is 9.88 Å². The van der Waals surface area contributed by atoms with Crippen molar-refractivity contribution >= 4 is 39.6 Å². The van der Waals surface area contributed by atoms with E-state index in [9.17, 15) is 9.59 Å². The van der Waals surface area contributed by atoms with Gasteiger partial charge in [-0.15, -0.1) is 0 Å². The average Bonchev–Trinajstić information content (AvgIpc) is 3.35. The highest BCUT2D eigenvalue weighted by Gasteiger charge is 2.24. The van der Waals surface area contributed by atoms with Crippen molar-refractivity contribution in [3.63, 3.8) is 0 Å². The molecule has 2 aromatic heterocycles. The molecule has 4 rings (SSSR count). The number of thiazole rings is 1. The summed E-state index contributed by atoms with van der Waals surface area (Å²) in [5, 5.41) is 7.16. The third-order valence-corrected chi connectivity index (χ3v) is 6.24. The van der Waals surface area contributed by atoms with Gasteiger partial charge in [0, 0.05) is 29.6 Å². The molecule has 1 aromatic carbocycles. The normalized spacial score (nSPS) is 13.3. The number of hydrogen-bond acceptors (Lipinski definition) is 5. The van der Waals surface area contributed by atoms with E-state index in [1.807, 2.05) is 46.0 Å². The molecule has 0 spiro atoms. The minimum atomic E-state index is -0.141. The summed E-state index contributed by atoms with van der Waals surface area (Å²) in [6, 6.07) is 11.9. The first kappa shape index (κ1) is 17.9. The molecule has 3 aromatic rings. The monoisotopic (exact) mass is 397 g/mol. The Kier molecular flexibility index (Phi) is 5.31. The van der Waals surface area contributed by atoms with Crippen LogP contribution in [0.25, 0.3) is 0 Å². The molecule has 27 heavy (non-hydrogen) atoms. The number of carbonyl (C=O) groups is 2. The van der Waals surface area contributed by atoms with Crippen LogP contribution in [0.1, 0.15) is 32.9 Å². The number of anilines is 1. The smallest absolute Gasteiger partial charge is 0.258 e. The van der Waals surface area contributed by atoms with Crippen molar-refractivity contribution in [1.29, 1.82) is 0 Å². The van der Waals surface area contributed by atoms with Gasteiger partial charge in [-0.3, -0.25) is 14.9 Å². The van der Waals surface area contributed by atoms with Crippen LogP contribution in [0.3, 0.4) is 0 Å². The fourth-order valence-electron chi connectivity index (χ4n) is 3.08. The molecule has 7 heteroatoms. The maximum absolute atomic E-state index is 12.6. The zero-order valence-corrected chi connectivity index (χ0v) is 16.3. The summed E-state index contributed by atoms with van der Waals surface area (Å²) in [5.74, 6) is 0.0277. The van der Waals surface area contributed by atoms with E-state index in [1.165, 1.54) is 28.2 Å². The Morgan fingerprint density at radius 2 is 2.04 bits per heavy atom. The third-order valence-electron chi connectivity index (χ3n) is 4.56. The van der Waals surface area contributed by atoms with E-state index < -0.39 is 0 Å². The highest BCUT2D eigenvalue weighted by Crippen LogP contribution is 2.29. The van der Waals surface area contributed by atoms with Crippen LogP contribution in [0.4, 0.5) is 5.13 Å². The van der Waals surface area contributed by atoms with E-state index in [4.69, 9.17) is 0 Å². The summed E-state index contributed by atoms with van der Waals surface area (Å²) < 4.78 is 0. The SMILES string of the molecule is O=C(Nc1nc2c(s1)CN(C(=O)CCc1ccccc1)CC2)c1ccsc1. The van der Waals surface area contributed by atoms with Gasteiger partial charge >= 0.3 is 0 Å². The van der Waals surface area contributed by atoms with Crippen molar-refractivity contribution in [3.8, 4) is 0 Å². The summed E-state index contributed by atoms with van der Waals surface area (Å²) in [4.78, 5) is 32.2. The van der Waals surface area contributed by atoms with Crippen LogP contribution in [0.15, 0.2) is 47.2 Å². The minimum absolute atomic E-state index is 0.141. The molecule has 0 atom stereocenters. The molecule has 0 bridgehead atoms. The van der Waals surface area contributed by atoms with Gasteiger partial charge in [0.25, 0.3) is 5.91 Å². The molecule has 1 aliphatic rings. The van der Waals surface area contributed by atoms with Crippen LogP contribution in [0.5, 0.6) is 0 Å². The highest BCUT2D eigenvalue weighted by atomic mass is 32.1. The quantitative estimate of drug-likeness (QED) is 0.708. The molecule has 138 valence electrons. The van der Waals surface area contributed by atoms with E-state index in [1.54, 1.807) is 6.07 Å². The lowest BCUT2D eigenvalue weighted by Gasteiger charge is -2.26. The van der Waals surface area contributed by atoms with Crippen LogP contribution < -0.4 is 5.32 Å². The lowest BCUT2D eigenvalue weighted by Crippen LogP contribution is -2.35. The first-order valence-electron chi connectivity index (χ1n) is 8.83. The second-order valence-corrected chi connectivity index (χ2v) is 8.27. The third kappa shape index (κ3) is 4.26. The van der Waals surface area contributed by atoms with E-state index >= 15 is 0 Å². The van der Waals surface area contributed by atoms with E-state index in [2.05, 4.69) is 10.3 Å². The number of amides is 2. The zero-order chi connectivity index (χ0) is 18.6. The number of nitrogens with zero attached hydrogens (tertiary/aromatic N) is 2. The second kappa shape index (κ2) is 8.02. The van der Waals surface area contributed by atoms with Crippen LogP contribution in [0, 0.1) is 0 Å². The molecule has 0 aliphatic carbocycles. The maximum atomic E-state index is 12.6. The summed E-state index contributed by atoms with van der Waals surface area (Å²) >= 11 is 2.95. The standard InChI is InChI=1S/C20H19N3O2S2/c24-18(7-6-14-4-2-1-3-5-14)23-10-8-16-17(12-23)27-20(21-16)22-19(25)15-9-11-26-13-15/h1-5,9,11,13H,6-8,10,12H2,(H,21,22,25). The fraction of sp³-hybridized carbons (Fsp3) is 0.250. The van der Waals surface area contributed by atoms with Crippen LogP contribution in [0.2, 0.25) is 0 Å². The molecular weight excluding hydrogens is 378 g/mol. The molecule has 0 saturated carbocycles. The number of nitrogens with one attached hydrogen (secondary N) is 1. The number of rotatable bonds is 5. The van der Waals surface area contributed by atoms with Crippen LogP contribution >= 0.6 is 22.7 Å². The van der Waals surface area contributed by atoms with Gasteiger partial charge in [0.05, 0.1) is 17.8 Å². The number of aromatic nitrogens is 1. The molecule has 3 heterocycles. The molecule has 0 unspecified atom stereocenters. The topological polar surface area (TPSA) is 62.3 Å². The number of benzene rings is 1. The van der Waals surface area contributed by atoms with Gasteiger partial charge < -0.3 is 4.90 Å². The van der Waals surface area contributed by atoms with Crippen LogP contribution in [-0.4, -0.2) is 28.2 Å². The van der Waals surface area contributed by atoms with Crippen molar-refractivity contribution in [2.24, 2.45) is 0 Å². The van der Waals surface area contributed by atoms with Gasteiger partial charge in [0.2, 0.25) is 5.91 Å². The Bertz CT molecular complexity index is 936. The van der Waals surface area contributed by atoms with Crippen molar-refractivity contribution in [2.75, 3.05) is 11.9 Å². The first-order valence-corrected chi connectivity index (χ1v) is 10.6. The van der Waals surface area contributed by atoms with E-state index in [0.717, 1.165) is 23.4 Å². The van der Waals surface area contributed by atoms with E-state index in [-0.39, 0.29) is 11.8 Å². The lowest BCUT2D eigenvalue weighted by molar-refractivity contribution is -0.132. The summed E-state index contributed by atoms with van der Waals surface area (Å²) in [6.07, 6.45) is 2.00. The molecule has 0 saturated heterocycles.